The van der Waals surface area contributed by atoms with E-state index in [1.54, 1.807) is 6.21 Å². The Morgan fingerprint density at radius 2 is 1.70 bits per heavy atom. The van der Waals surface area contributed by atoms with Crippen molar-refractivity contribution in [2.45, 2.75) is 38.5 Å². The monoisotopic (exact) mass is 141 g/mol. The lowest BCUT2D eigenvalue weighted by Crippen LogP contribution is -2.05. The minimum Gasteiger partial charge on any atom is -0.624 e. The van der Waals surface area contributed by atoms with E-state index in [2.05, 4.69) is 0 Å². The third kappa shape index (κ3) is 2.85. The van der Waals surface area contributed by atoms with Gasteiger partial charge in [-0.1, -0.05) is 12.8 Å². The van der Waals surface area contributed by atoms with E-state index in [0.29, 0.717) is 6.54 Å². The Bertz CT molecular complexity index is 120. The first-order chi connectivity index (χ1) is 4.89. The molecule has 0 atom stereocenters. The quantitative estimate of drug-likeness (QED) is 0.374. The van der Waals surface area contributed by atoms with Crippen molar-refractivity contribution in [2.24, 2.45) is 0 Å². The van der Waals surface area contributed by atoms with Crippen molar-refractivity contribution in [3.05, 3.63) is 5.21 Å². The van der Waals surface area contributed by atoms with Gasteiger partial charge in [0.1, 0.15) is 0 Å². The maximum Gasteiger partial charge on any atom is 0.153 e. The summed E-state index contributed by atoms with van der Waals surface area (Å²) in [6.07, 6.45) is 8.85. The predicted octanol–water partition coefficient (Wildman–Crippen LogP) is 1.92. The van der Waals surface area contributed by atoms with Crippen LogP contribution in [0.1, 0.15) is 38.5 Å². The van der Waals surface area contributed by atoms with Crippen molar-refractivity contribution in [3.8, 4) is 0 Å². The lowest BCUT2D eigenvalue weighted by Gasteiger charge is -2.00. The fourth-order valence-electron chi connectivity index (χ4n) is 1.27. The highest BCUT2D eigenvalue weighted by atomic mass is 16.5. The number of hydrogen-bond acceptors (Lipinski definition) is 1. The van der Waals surface area contributed by atoms with Gasteiger partial charge in [0, 0.05) is 12.8 Å². The maximum absolute atomic E-state index is 10.8. The summed E-state index contributed by atoms with van der Waals surface area (Å²) >= 11 is 0. The van der Waals surface area contributed by atoms with Gasteiger partial charge in [0.15, 0.2) is 12.8 Å². The molecule has 10 heavy (non-hydrogen) atoms. The van der Waals surface area contributed by atoms with E-state index in [9.17, 15) is 5.21 Å². The lowest BCUT2D eigenvalue weighted by atomic mass is 10.1. The van der Waals surface area contributed by atoms with Crippen molar-refractivity contribution < 1.29 is 4.74 Å². The van der Waals surface area contributed by atoms with E-state index in [0.717, 1.165) is 17.6 Å². The molecule has 0 N–H and O–H groups in total. The summed E-state index contributed by atoms with van der Waals surface area (Å²) in [6, 6.07) is 0. The van der Waals surface area contributed by atoms with Gasteiger partial charge in [-0.15, -0.1) is 0 Å². The van der Waals surface area contributed by atoms with Crippen LogP contribution >= 0.6 is 0 Å². The van der Waals surface area contributed by atoms with Crippen LogP contribution in [0.5, 0.6) is 0 Å². The Balaban J connectivity index is 2.29. The zero-order valence-corrected chi connectivity index (χ0v) is 6.38. The van der Waals surface area contributed by atoms with Gasteiger partial charge in [-0.05, 0) is 12.8 Å². The van der Waals surface area contributed by atoms with Gasteiger partial charge in [-0.3, -0.25) is 0 Å². The van der Waals surface area contributed by atoms with Crippen LogP contribution in [-0.2, 0) is 0 Å². The van der Waals surface area contributed by atoms with Gasteiger partial charge in [-0.2, -0.15) is 0 Å². The Labute approximate surface area is 62.1 Å². The first-order valence-corrected chi connectivity index (χ1v) is 4.17. The van der Waals surface area contributed by atoms with E-state index in [1.807, 2.05) is 0 Å². The normalized spacial score (nSPS) is 27.4. The largest absolute Gasteiger partial charge is 0.624 e. The average molecular weight is 141 g/mol. The van der Waals surface area contributed by atoms with Gasteiger partial charge < -0.3 is 5.21 Å². The average Bonchev–Trinajstić information content (AvgIpc) is 2.02. The number of hydroxylamine groups is 1. The molecule has 58 valence electrons. The fourth-order valence-corrected chi connectivity index (χ4v) is 1.27. The second-order valence-electron chi connectivity index (χ2n) is 2.88. The molecule has 0 saturated carbocycles. The molecule has 0 spiro atoms. The summed E-state index contributed by atoms with van der Waals surface area (Å²) in [6.45, 7) is 0.708. The van der Waals surface area contributed by atoms with Crippen LogP contribution in [0.4, 0.5) is 0 Å². The molecule has 0 aromatic heterocycles. The van der Waals surface area contributed by atoms with Crippen molar-refractivity contribution >= 4 is 6.21 Å². The van der Waals surface area contributed by atoms with Gasteiger partial charge in [0.05, 0.1) is 0 Å². The van der Waals surface area contributed by atoms with E-state index >= 15 is 0 Å². The first-order valence-electron chi connectivity index (χ1n) is 4.17. The van der Waals surface area contributed by atoms with Crippen LogP contribution in [0.15, 0.2) is 0 Å². The van der Waals surface area contributed by atoms with Crippen LogP contribution in [0.2, 0.25) is 0 Å². The molecule has 0 saturated heterocycles. The Kier molecular flexibility index (Phi) is 3.27. The Morgan fingerprint density at radius 1 is 1.00 bits per heavy atom. The Hall–Kier alpha value is -0.530. The van der Waals surface area contributed by atoms with E-state index in [4.69, 9.17) is 0 Å². The standard InChI is InChI=1S/C8H15NO/c10-9-7-5-3-1-2-4-6-8-9/h7H,1-6,8H2/b9-7+. The maximum atomic E-state index is 10.8. The molecule has 0 amide bonds. The van der Waals surface area contributed by atoms with Crippen LogP contribution in [-0.4, -0.2) is 17.5 Å². The summed E-state index contributed by atoms with van der Waals surface area (Å²) in [5, 5.41) is 10.8. The summed E-state index contributed by atoms with van der Waals surface area (Å²) in [7, 11) is 0. The molecule has 1 aliphatic heterocycles. The molecule has 0 radical (unpaired) electrons. The molecule has 0 fully saturated rings. The molecule has 1 aliphatic rings. The molecule has 0 unspecified atom stereocenters. The van der Waals surface area contributed by atoms with E-state index in [1.165, 1.54) is 25.7 Å². The summed E-state index contributed by atoms with van der Waals surface area (Å²) in [5.74, 6) is 0. The number of nitrogens with zero attached hydrogens (tertiary/aromatic N) is 1. The zero-order valence-electron chi connectivity index (χ0n) is 6.38. The third-order valence-corrected chi connectivity index (χ3v) is 1.92. The number of hydrogen-bond donors (Lipinski definition) is 0. The smallest absolute Gasteiger partial charge is 0.153 e. The lowest BCUT2D eigenvalue weighted by molar-refractivity contribution is -0.454. The number of rotatable bonds is 0. The van der Waals surface area contributed by atoms with Gasteiger partial charge in [0.25, 0.3) is 0 Å². The minimum absolute atomic E-state index is 0.708. The van der Waals surface area contributed by atoms with E-state index in [-0.39, 0.29) is 0 Å². The Morgan fingerprint density at radius 3 is 2.60 bits per heavy atom. The van der Waals surface area contributed by atoms with Crippen LogP contribution in [0, 0.1) is 5.21 Å². The first kappa shape index (κ1) is 7.58. The SMILES string of the molecule is [O-]/[N+]1=C/CCCCCCC1. The third-order valence-electron chi connectivity index (χ3n) is 1.92. The summed E-state index contributed by atoms with van der Waals surface area (Å²) < 4.78 is 1.09. The van der Waals surface area contributed by atoms with Gasteiger partial charge >= 0.3 is 0 Å². The fraction of sp³-hybridized carbons (Fsp3) is 0.875. The predicted molar refractivity (Wildman–Crippen MR) is 42.3 cm³/mol. The molecular formula is C8H15NO. The molecule has 2 heteroatoms. The summed E-state index contributed by atoms with van der Waals surface area (Å²) in [4.78, 5) is 0. The topological polar surface area (TPSA) is 26.1 Å². The molecular weight excluding hydrogens is 126 g/mol. The summed E-state index contributed by atoms with van der Waals surface area (Å²) in [5.41, 5.74) is 0. The molecule has 0 bridgehead atoms. The van der Waals surface area contributed by atoms with Crippen molar-refractivity contribution in [2.75, 3.05) is 6.54 Å². The highest BCUT2D eigenvalue weighted by Crippen LogP contribution is 2.06. The van der Waals surface area contributed by atoms with Crippen molar-refractivity contribution in [3.63, 3.8) is 0 Å². The second kappa shape index (κ2) is 4.31. The molecule has 1 heterocycles. The van der Waals surface area contributed by atoms with Crippen LogP contribution in [0.25, 0.3) is 0 Å². The van der Waals surface area contributed by atoms with Crippen molar-refractivity contribution in [1.82, 2.24) is 0 Å². The van der Waals surface area contributed by atoms with Crippen LogP contribution < -0.4 is 0 Å². The highest BCUT2D eigenvalue weighted by molar-refractivity contribution is 5.51. The molecule has 2 nitrogen and oxygen atoms in total. The van der Waals surface area contributed by atoms with E-state index < -0.39 is 0 Å². The minimum atomic E-state index is 0.708. The second-order valence-corrected chi connectivity index (χ2v) is 2.88. The molecule has 0 aliphatic carbocycles. The van der Waals surface area contributed by atoms with Gasteiger partial charge in [0.2, 0.25) is 0 Å². The van der Waals surface area contributed by atoms with Crippen molar-refractivity contribution in [1.29, 1.82) is 0 Å². The molecule has 0 aromatic carbocycles. The molecule has 1 rings (SSSR count). The highest BCUT2D eigenvalue weighted by Gasteiger charge is 1.98. The zero-order chi connectivity index (χ0) is 7.23. The molecule has 0 aromatic rings. The van der Waals surface area contributed by atoms with Gasteiger partial charge in [-0.25, -0.2) is 4.74 Å². The van der Waals surface area contributed by atoms with Crippen LogP contribution in [0.3, 0.4) is 0 Å².